The van der Waals surface area contributed by atoms with Crippen LogP contribution in [0.1, 0.15) is 53.4 Å². The number of carbonyl (C=O) groups is 1. The number of rotatable bonds is 3. The molecule has 0 radical (unpaired) electrons. The van der Waals surface area contributed by atoms with Crippen LogP contribution < -0.4 is 0 Å². The van der Waals surface area contributed by atoms with Crippen molar-refractivity contribution in [3.63, 3.8) is 0 Å². The van der Waals surface area contributed by atoms with Crippen molar-refractivity contribution < 1.29 is 4.79 Å². The predicted molar refractivity (Wildman–Crippen MR) is 64.7 cm³/mol. The monoisotopic (exact) mass is 208 g/mol. The Morgan fingerprint density at radius 3 is 2.67 bits per heavy atom. The third-order valence-corrected chi connectivity index (χ3v) is 3.87. The quantitative estimate of drug-likeness (QED) is 0.641. The van der Waals surface area contributed by atoms with E-state index in [9.17, 15) is 4.79 Å². The molecule has 1 aliphatic carbocycles. The molecule has 1 saturated carbocycles. The molecule has 0 aromatic carbocycles. The molecule has 0 N–H and O–H groups in total. The summed E-state index contributed by atoms with van der Waals surface area (Å²) in [6.45, 7) is 8.64. The van der Waals surface area contributed by atoms with E-state index in [4.69, 9.17) is 0 Å². The van der Waals surface area contributed by atoms with Gasteiger partial charge in [-0.3, -0.25) is 4.79 Å². The Balaban J connectivity index is 2.89. The maximum atomic E-state index is 12.1. The fourth-order valence-corrected chi connectivity index (χ4v) is 3.11. The van der Waals surface area contributed by atoms with E-state index in [0.29, 0.717) is 11.7 Å². The Morgan fingerprint density at radius 2 is 2.13 bits per heavy atom. The molecule has 15 heavy (non-hydrogen) atoms. The summed E-state index contributed by atoms with van der Waals surface area (Å²) < 4.78 is 0. The highest BCUT2D eigenvalue weighted by Gasteiger charge is 2.41. The van der Waals surface area contributed by atoms with E-state index in [1.807, 2.05) is 13.0 Å². The highest BCUT2D eigenvalue weighted by molar-refractivity contribution is 5.92. The molecule has 2 atom stereocenters. The van der Waals surface area contributed by atoms with Crippen LogP contribution >= 0.6 is 0 Å². The van der Waals surface area contributed by atoms with E-state index >= 15 is 0 Å². The molecule has 1 rings (SSSR count). The standard InChI is InChI=1S/C14H24O/c1-5-8-12(15)13-11(6-2)9-7-10-14(13,3)4/h5,8,11,13H,6-7,9-10H2,1-4H3/b8-5-/t11-,13+/m1/s1. The molecule has 0 aromatic heterocycles. The Kier molecular flexibility index (Phi) is 4.12. The van der Waals surface area contributed by atoms with Gasteiger partial charge in [0, 0.05) is 5.92 Å². The molecule has 1 aliphatic rings. The van der Waals surface area contributed by atoms with Gasteiger partial charge in [0.25, 0.3) is 0 Å². The normalized spacial score (nSPS) is 30.7. The molecule has 1 fully saturated rings. The second-order valence-electron chi connectivity index (χ2n) is 5.43. The second-order valence-corrected chi connectivity index (χ2v) is 5.43. The Morgan fingerprint density at radius 1 is 1.47 bits per heavy atom. The van der Waals surface area contributed by atoms with Crippen molar-refractivity contribution in [1.29, 1.82) is 0 Å². The molecular weight excluding hydrogens is 184 g/mol. The third kappa shape index (κ3) is 2.70. The molecule has 0 saturated heterocycles. The molecule has 0 aromatic rings. The highest BCUT2D eigenvalue weighted by Crippen LogP contribution is 2.45. The summed E-state index contributed by atoms with van der Waals surface area (Å²) in [5.41, 5.74) is 0.190. The van der Waals surface area contributed by atoms with Gasteiger partial charge in [0.05, 0.1) is 0 Å². The van der Waals surface area contributed by atoms with Crippen molar-refractivity contribution in [3.05, 3.63) is 12.2 Å². The minimum absolute atomic E-state index is 0.190. The summed E-state index contributed by atoms with van der Waals surface area (Å²) in [6.07, 6.45) is 8.48. The Bertz CT molecular complexity index is 250. The van der Waals surface area contributed by atoms with Crippen LogP contribution in [0.3, 0.4) is 0 Å². The number of hydrogen-bond acceptors (Lipinski definition) is 1. The van der Waals surface area contributed by atoms with Crippen molar-refractivity contribution in [2.75, 3.05) is 0 Å². The maximum absolute atomic E-state index is 12.1. The SMILES string of the molecule is C/C=C\C(=O)[C@@H]1[C@H](CC)CCCC1(C)C. The van der Waals surface area contributed by atoms with Crippen molar-refractivity contribution in [1.82, 2.24) is 0 Å². The molecule has 0 bridgehead atoms. The van der Waals surface area contributed by atoms with Gasteiger partial charge in [-0.1, -0.05) is 39.7 Å². The van der Waals surface area contributed by atoms with Crippen LogP contribution in [-0.4, -0.2) is 5.78 Å². The zero-order chi connectivity index (χ0) is 11.5. The van der Waals surface area contributed by atoms with Gasteiger partial charge < -0.3 is 0 Å². The van der Waals surface area contributed by atoms with Gasteiger partial charge in [-0.25, -0.2) is 0 Å². The third-order valence-electron chi connectivity index (χ3n) is 3.87. The van der Waals surface area contributed by atoms with Crippen molar-refractivity contribution in [2.45, 2.75) is 53.4 Å². The molecule has 0 unspecified atom stereocenters. The molecule has 0 aliphatic heterocycles. The van der Waals surface area contributed by atoms with Gasteiger partial charge in [-0.15, -0.1) is 0 Å². The fourth-order valence-electron chi connectivity index (χ4n) is 3.11. The lowest BCUT2D eigenvalue weighted by Crippen LogP contribution is -2.39. The maximum Gasteiger partial charge on any atom is 0.159 e. The van der Waals surface area contributed by atoms with Gasteiger partial charge in [0.15, 0.2) is 5.78 Å². The first-order valence-corrected chi connectivity index (χ1v) is 6.19. The number of allylic oxidation sites excluding steroid dienone is 2. The van der Waals surface area contributed by atoms with Gasteiger partial charge in [0.1, 0.15) is 0 Å². The van der Waals surface area contributed by atoms with Crippen molar-refractivity contribution >= 4 is 5.78 Å². The first-order valence-electron chi connectivity index (χ1n) is 6.19. The number of carbonyl (C=O) groups excluding carboxylic acids is 1. The van der Waals surface area contributed by atoms with E-state index in [-0.39, 0.29) is 11.3 Å². The molecular formula is C14H24O. The lowest BCUT2D eigenvalue weighted by Gasteiger charge is -2.42. The average Bonchev–Trinajstić information content (AvgIpc) is 2.16. The summed E-state index contributed by atoms with van der Waals surface area (Å²) in [5.74, 6) is 1.18. The zero-order valence-corrected chi connectivity index (χ0v) is 10.5. The highest BCUT2D eigenvalue weighted by atomic mass is 16.1. The number of hydrogen-bond donors (Lipinski definition) is 0. The fraction of sp³-hybridized carbons (Fsp3) is 0.786. The van der Waals surface area contributed by atoms with Crippen LogP contribution in [0, 0.1) is 17.3 Å². The Labute approximate surface area is 93.9 Å². The van der Waals surface area contributed by atoms with Gasteiger partial charge in [-0.2, -0.15) is 0 Å². The molecule has 0 heterocycles. The predicted octanol–water partition coefficient (Wildman–Crippen LogP) is 3.98. The minimum atomic E-state index is 0.190. The summed E-state index contributed by atoms with van der Waals surface area (Å²) in [4.78, 5) is 12.1. The van der Waals surface area contributed by atoms with E-state index in [2.05, 4.69) is 20.8 Å². The molecule has 0 spiro atoms. The second kappa shape index (κ2) is 4.96. The molecule has 1 heteroatoms. The van der Waals surface area contributed by atoms with E-state index in [0.717, 1.165) is 6.42 Å². The topological polar surface area (TPSA) is 17.1 Å². The summed E-state index contributed by atoms with van der Waals surface area (Å²) >= 11 is 0. The number of ketones is 1. The van der Waals surface area contributed by atoms with Crippen LogP contribution in [0.25, 0.3) is 0 Å². The van der Waals surface area contributed by atoms with Gasteiger partial charge in [-0.05, 0) is 37.2 Å². The van der Waals surface area contributed by atoms with E-state index in [1.165, 1.54) is 19.3 Å². The lowest BCUT2D eigenvalue weighted by molar-refractivity contribution is -0.126. The van der Waals surface area contributed by atoms with E-state index < -0.39 is 0 Å². The first kappa shape index (κ1) is 12.5. The summed E-state index contributed by atoms with van der Waals surface area (Å²) in [7, 11) is 0. The molecule has 86 valence electrons. The van der Waals surface area contributed by atoms with Crippen LogP contribution in [-0.2, 0) is 4.79 Å². The van der Waals surface area contributed by atoms with Crippen LogP contribution in [0.4, 0.5) is 0 Å². The molecule has 0 amide bonds. The largest absolute Gasteiger partial charge is 0.295 e. The summed E-state index contributed by atoms with van der Waals surface area (Å²) in [6, 6.07) is 0. The van der Waals surface area contributed by atoms with Gasteiger partial charge in [0.2, 0.25) is 0 Å². The molecule has 1 nitrogen and oxygen atoms in total. The first-order chi connectivity index (χ1) is 7.03. The average molecular weight is 208 g/mol. The van der Waals surface area contributed by atoms with Crippen molar-refractivity contribution in [3.8, 4) is 0 Å². The van der Waals surface area contributed by atoms with Gasteiger partial charge >= 0.3 is 0 Å². The zero-order valence-electron chi connectivity index (χ0n) is 10.5. The van der Waals surface area contributed by atoms with Crippen LogP contribution in [0.2, 0.25) is 0 Å². The lowest BCUT2D eigenvalue weighted by atomic mass is 9.61. The Hall–Kier alpha value is -0.590. The smallest absolute Gasteiger partial charge is 0.159 e. The summed E-state index contributed by atoms with van der Waals surface area (Å²) in [5, 5.41) is 0. The van der Waals surface area contributed by atoms with E-state index in [1.54, 1.807) is 6.08 Å². The minimum Gasteiger partial charge on any atom is -0.295 e. The van der Waals surface area contributed by atoms with Crippen molar-refractivity contribution in [2.24, 2.45) is 17.3 Å². The van der Waals surface area contributed by atoms with Crippen LogP contribution in [0.5, 0.6) is 0 Å². The van der Waals surface area contributed by atoms with Crippen LogP contribution in [0.15, 0.2) is 12.2 Å².